The molecule has 0 aromatic carbocycles. The van der Waals surface area contributed by atoms with Crippen LogP contribution in [0.25, 0.3) is 16.6 Å². The molecule has 6 nitrogen and oxygen atoms in total. The predicted octanol–water partition coefficient (Wildman–Crippen LogP) is 4.38. The van der Waals surface area contributed by atoms with Gasteiger partial charge in [-0.2, -0.15) is 5.10 Å². The van der Waals surface area contributed by atoms with Gasteiger partial charge in [-0.05, 0) is 56.4 Å². The van der Waals surface area contributed by atoms with Crippen molar-refractivity contribution in [2.45, 2.75) is 52.6 Å². The van der Waals surface area contributed by atoms with Crippen LogP contribution >= 0.6 is 0 Å². The highest BCUT2D eigenvalue weighted by Crippen LogP contribution is 2.32. The maximum Gasteiger partial charge on any atom is 0.305 e. The number of unbranched alkanes of at least 4 members (excludes halogenated alkanes) is 1. The van der Waals surface area contributed by atoms with Crippen LogP contribution in [0.2, 0.25) is 0 Å². The molecule has 3 rings (SSSR count). The first kappa shape index (κ1) is 21.0. The Labute approximate surface area is 171 Å². The van der Waals surface area contributed by atoms with Crippen molar-refractivity contribution in [3.8, 4) is 11.1 Å². The topological polar surface area (TPSA) is 65.7 Å². The van der Waals surface area contributed by atoms with Crippen molar-refractivity contribution < 1.29 is 14.3 Å². The molecule has 154 valence electrons. The van der Waals surface area contributed by atoms with Crippen LogP contribution in [0.3, 0.4) is 0 Å². The predicted molar refractivity (Wildman–Crippen MR) is 113 cm³/mol. The number of methoxy groups -OCH3 is 1. The second kappa shape index (κ2) is 10.2. The lowest BCUT2D eigenvalue weighted by molar-refractivity contribution is -0.143. The van der Waals surface area contributed by atoms with Gasteiger partial charge in [-0.15, -0.1) is 0 Å². The summed E-state index contributed by atoms with van der Waals surface area (Å²) in [4.78, 5) is 16.0. The maximum absolute atomic E-state index is 11.7. The summed E-state index contributed by atoms with van der Waals surface area (Å²) < 4.78 is 12.5. The molecule has 0 unspecified atom stereocenters. The maximum atomic E-state index is 11.7. The number of nitrogens with zero attached hydrogens (tertiary/aromatic N) is 3. The van der Waals surface area contributed by atoms with E-state index >= 15 is 0 Å². The lowest BCUT2D eigenvalue weighted by Gasteiger charge is -2.17. The summed E-state index contributed by atoms with van der Waals surface area (Å²) in [5, 5.41) is 4.90. The van der Waals surface area contributed by atoms with Crippen molar-refractivity contribution in [1.82, 2.24) is 14.6 Å². The fourth-order valence-electron chi connectivity index (χ4n) is 3.68. The minimum atomic E-state index is -0.134. The van der Waals surface area contributed by atoms with Gasteiger partial charge in [-0.1, -0.05) is 13.0 Å². The molecule has 29 heavy (non-hydrogen) atoms. The van der Waals surface area contributed by atoms with E-state index in [4.69, 9.17) is 14.6 Å². The molecule has 0 atom stereocenters. The van der Waals surface area contributed by atoms with E-state index in [9.17, 15) is 4.79 Å². The smallest absolute Gasteiger partial charge is 0.305 e. The highest BCUT2D eigenvalue weighted by molar-refractivity contribution is 5.83. The monoisotopic (exact) mass is 395 g/mol. The molecule has 3 heterocycles. The lowest BCUT2D eigenvalue weighted by Crippen LogP contribution is -2.10. The minimum Gasteiger partial charge on any atom is -0.466 e. The summed E-state index contributed by atoms with van der Waals surface area (Å²) in [6.45, 7) is 4.83. The number of hydrogen-bond acceptors (Lipinski definition) is 5. The van der Waals surface area contributed by atoms with Crippen molar-refractivity contribution in [2.24, 2.45) is 0 Å². The Morgan fingerprint density at radius 2 is 2.03 bits per heavy atom. The standard InChI is InChI=1S/C23H29N3O3/c1-4-18-12-13-21-23(17-9-8-14-24-15-17)19(20(16-28-3)25-26(18)21)10-6-7-11-22(27)29-5-2/h8-9,12-15H,4-7,10-11,16H2,1-3H3. The van der Waals surface area contributed by atoms with Crippen LogP contribution < -0.4 is 0 Å². The Kier molecular flexibility index (Phi) is 7.36. The Morgan fingerprint density at radius 1 is 1.17 bits per heavy atom. The van der Waals surface area contributed by atoms with E-state index in [1.807, 2.05) is 23.7 Å². The molecule has 0 radical (unpaired) electrons. The van der Waals surface area contributed by atoms with Gasteiger partial charge in [0.1, 0.15) is 0 Å². The van der Waals surface area contributed by atoms with Gasteiger partial charge >= 0.3 is 5.97 Å². The van der Waals surface area contributed by atoms with Crippen molar-refractivity contribution >= 4 is 11.5 Å². The van der Waals surface area contributed by atoms with Gasteiger partial charge in [-0.25, -0.2) is 4.52 Å². The number of hydrogen-bond donors (Lipinski definition) is 0. The Balaban J connectivity index is 2.01. The number of pyridine rings is 1. The SMILES string of the molecule is CCOC(=O)CCCCc1c(COC)nn2c(CC)ccc2c1-c1cccnc1. The molecule has 0 N–H and O–H groups in total. The molecule has 0 aliphatic heterocycles. The molecular weight excluding hydrogens is 366 g/mol. The summed E-state index contributed by atoms with van der Waals surface area (Å²) in [6, 6.07) is 8.30. The number of fused-ring (bicyclic) bond motifs is 1. The zero-order chi connectivity index (χ0) is 20.6. The second-order valence-electron chi connectivity index (χ2n) is 6.96. The Bertz CT molecular complexity index is 951. The van der Waals surface area contributed by atoms with Crippen molar-refractivity contribution in [3.05, 3.63) is 53.6 Å². The van der Waals surface area contributed by atoms with Crippen LogP contribution in [0.5, 0.6) is 0 Å². The van der Waals surface area contributed by atoms with Gasteiger partial charge in [0.2, 0.25) is 0 Å². The third-order valence-corrected chi connectivity index (χ3v) is 5.02. The number of esters is 1. The normalized spacial score (nSPS) is 11.1. The largest absolute Gasteiger partial charge is 0.466 e. The summed E-state index contributed by atoms with van der Waals surface area (Å²) in [5.74, 6) is -0.134. The van der Waals surface area contributed by atoms with E-state index in [-0.39, 0.29) is 5.97 Å². The van der Waals surface area contributed by atoms with E-state index in [1.54, 1.807) is 13.3 Å². The highest BCUT2D eigenvalue weighted by Gasteiger charge is 2.18. The highest BCUT2D eigenvalue weighted by atomic mass is 16.5. The average molecular weight is 396 g/mol. The molecule has 0 spiro atoms. The zero-order valence-electron chi connectivity index (χ0n) is 17.5. The number of rotatable bonds is 10. The zero-order valence-corrected chi connectivity index (χ0v) is 17.5. The number of ether oxygens (including phenoxy) is 2. The molecular formula is C23H29N3O3. The van der Waals surface area contributed by atoms with E-state index in [0.717, 1.165) is 59.3 Å². The third-order valence-electron chi connectivity index (χ3n) is 5.02. The van der Waals surface area contributed by atoms with Gasteiger partial charge in [0, 0.05) is 42.7 Å². The van der Waals surface area contributed by atoms with E-state index in [2.05, 4.69) is 30.1 Å². The number of carbonyl (C=O) groups is 1. The van der Waals surface area contributed by atoms with Crippen molar-refractivity contribution in [3.63, 3.8) is 0 Å². The molecule has 0 saturated heterocycles. The fraction of sp³-hybridized carbons (Fsp3) is 0.435. The van der Waals surface area contributed by atoms with Gasteiger partial charge in [0.05, 0.1) is 24.4 Å². The molecule has 3 aromatic heterocycles. The first-order chi connectivity index (χ1) is 14.2. The molecule has 0 amide bonds. The fourth-order valence-corrected chi connectivity index (χ4v) is 3.68. The summed E-state index contributed by atoms with van der Waals surface area (Å²) in [5.41, 5.74) is 6.55. The molecule has 3 aromatic rings. The van der Waals surface area contributed by atoms with E-state index < -0.39 is 0 Å². The summed E-state index contributed by atoms with van der Waals surface area (Å²) in [6.07, 6.45) is 7.50. The van der Waals surface area contributed by atoms with Crippen molar-refractivity contribution in [2.75, 3.05) is 13.7 Å². The van der Waals surface area contributed by atoms with Gasteiger partial charge in [0.25, 0.3) is 0 Å². The molecule has 0 fully saturated rings. The third kappa shape index (κ3) is 4.82. The number of carbonyl (C=O) groups excluding carboxylic acids is 1. The number of aromatic nitrogens is 3. The van der Waals surface area contributed by atoms with Crippen molar-refractivity contribution in [1.29, 1.82) is 0 Å². The van der Waals surface area contributed by atoms with Crippen LogP contribution in [-0.4, -0.2) is 34.3 Å². The molecule has 0 aliphatic carbocycles. The second-order valence-corrected chi connectivity index (χ2v) is 6.96. The number of aryl methyl sites for hydroxylation is 1. The summed E-state index contributed by atoms with van der Waals surface area (Å²) >= 11 is 0. The Hall–Kier alpha value is -2.73. The van der Waals surface area contributed by atoms with Crippen LogP contribution in [0.15, 0.2) is 36.7 Å². The molecule has 0 bridgehead atoms. The Morgan fingerprint density at radius 3 is 2.72 bits per heavy atom. The van der Waals surface area contributed by atoms with Crippen LogP contribution in [0.4, 0.5) is 0 Å². The van der Waals surface area contributed by atoms with Crippen LogP contribution in [0, 0.1) is 0 Å². The minimum absolute atomic E-state index is 0.134. The first-order valence-corrected chi connectivity index (χ1v) is 10.3. The quantitative estimate of drug-likeness (QED) is 0.376. The molecule has 6 heteroatoms. The van der Waals surface area contributed by atoms with Gasteiger partial charge in [0.15, 0.2) is 0 Å². The lowest BCUT2D eigenvalue weighted by atomic mass is 9.95. The summed E-state index contributed by atoms with van der Waals surface area (Å²) in [7, 11) is 1.69. The van der Waals surface area contributed by atoms with E-state index in [0.29, 0.717) is 19.6 Å². The van der Waals surface area contributed by atoms with Gasteiger partial charge in [-0.3, -0.25) is 9.78 Å². The van der Waals surface area contributed by atoms with Crippen LogP contribution in [-0.2, 0) is 33.7 Å². The first-order valence-electron chi connectivity index (χ1n) is 10.3. The van der Waals surface area contributed by atoms with Crippen LogP contribution in [0.1, 0.15) is 50.1 Å². The molecule has 0 aliphatic rings. The van der Waals surface area contributed by atoms with E-state index in [1.165, 1.54) is 0 Å². The average Bonchev–Trinajstić information content (AvgIpc) is 3.14. The van der Waals surface area contributed by atoms with Gasteiger partial charge < -0.3 is 9.47 Å². The molecule has 0 saturated carbocycles.